The van der Waals surface area contributed by atoms with Crippen LogP contribution in [0.5, 0.6) is 0 Å². The van der Waals surface area contributed by atoms with Crippen LogP contribution < -0.4 is 29.6 Å². The van der Waals surface area contributed by atoms with Gasteiger partial charge in [0.2, 0.25) is 0 Å². The van der Waals surface area contributed by atoms with E-state index in [0.717, 1.165) is 5.56 Å². The summed E-state index contributed by atoms with van der Waals surface area (Å²) in [6.07, 6.45) is 0. The van der Waals surface area contributed by atoms with E-state index in [1.807, 2.05) is 19.1 Å². The van der Waals surface area contributed by atoms with Gasteiger partial charge in [-0.1, -0.05) is 17.7 Å². The third-order valence-corrected chi connectivity index (χ3v) is 1.63. The minimum absolute atomic E-state index is 0. The van der Waals surface area contributed by atoms with Crippen molar-refractivity contribution in [2.75, 3.05) is 0 Å². The molecule has 0 N–H and O–H groups in total. The first-order valence-electron chi connectivity index (χ1n) is 3.59. The molecular formula is C9H7NaO2S2. The van der Waals surface area contributed by atoms with E-state index in [1.165, 1.54) is 0 Å². The third kappa shape index (κ3) is 4.48. The number of hydrogen-bond donors (Lipinski definition) is 0. The minimum Gasteiger partial charge on any atom is -0.444 e. The van der Waals surface area contributed by atoms with Gasteiger partial charge in [0, 0.05) is 4.38 Å². The van der Waals surface area contributed by atoms with Gasteiger partial charge in [-0.15, -0.1) is 0 Å². The van der Waals surface area contributed by atoms with Crippen LogP contribution in [0.15, 0.2) is 24.3 Å². The van der Waals surface area contributed by atoms with Gasteiger partial charge in [0.25, 0.3) is 0 Å². The van der Waals surface area contributed by atoms with Crippen LogP contribution in [0.2, 0.25) is 0 Å². The Bertz CT molecular complexity index is 335. The van der Waals surface area contributed by atoms with Crippen molar-refractivity contribution in [2.45, 2.75) is 6.92 Å². The maximum atomic E-state index is 11.2. The van der Waals surface area contributed by atoms with Crippen LogP contribution in [-0.4, -0.2) is 10.4 Å². The van der Waals surface area contributed by atoms with Gasteiger partial charge in [-0.25, -0.2) is 4.79 Å². The summed E-state index contributed by atoms with van der Waals surface area (Å²) in [5.41, 5.74) is 1.54. The Morgan fingerprint density at radius 3 is 2.29 bits per heavy atom. The van der Waals surface area contributed by atoms with Gasteiger partial charge in [-0.3, -0.25) is 0 Å². The van der Waals surface area contributed by atoms with Crippen molar-refractivity contribution in [3.8, 4) is 0 Å². The molecule has 5 heteroatoms. The average Bonchev–Trinajstić information content (AvgIpc) is 2.04. The molecule has 0 amide bonds. The van der Waals surface area contributed by atoms with E-state index in [1.54, 1.807) is 12.1 Å². The van der Waals surface area contributed by atoms with E-state index >= 15 is 0 Å². The maximum Gasteiger partial charge on any atom is 1.00 e. The number of hydrogen-bond acceptors (Lipinski definition) is 4. The Morgan fingerprint density at radius 2 is 1.86 bits per heavy atom. The van der Waals surface area contributed by atoms with Gasteiger partial charge in [-0.2, -0.15) is 0 Å². The van der Waals surface area contributed by atoms with E-state index in [-0.39, 0.29) is 33.9 Å². The summed E-state index contributed by atoms with van der Waals surface area (Å²) in [7, 11) is 0. The summed E-state index contributed by atoms with van der Waals surface area (Å²) in [5, 5.41) is 0. The van der Waals surface area contributed by atoms with E-state index in [0.29, 0.717) is 5.56 Å². The van der Waals surface area contributed by atoms with E-state index in [9.17, 15) is 4.79 Å². The second-order valence-corrected chi connectivity index (χ2v) is 3.51. The summed E-state index contributed by atoms with van der Waals surface area (Å²) < 4.78 is 4.41. The first-order chi connectivity index (χ1) is 6.09. The fraction of sp³-hybridized carbons (Fsp3) is 0.111. The summed E-state index contributed by atoms with van der Waals surface area (Å²) >= 11 is 8.94. The molecule has 2 nitrogen and oxygen atoms in total. The molecule has 0 bridgehead atoms. The molecule has 0 saturated heterocycles. The summed E-state index contributed by atoms with van der Waals surface area (Å²) in [6.45, 7) is 1.94. The zero-order chi connectivity index (χ0) is 9.84. The average molecular weight is 234 g/mol. The Balaban J connectivity index is 0.00000169. The molecule has 1 aromatic rings. The summed E-state index contributed by atoms with van der Waals surface area (Å²) in [6, 6.07) is 6.99. The second-order valence-electron chi connectivity index (χ2n) is 2.51. The second kappa shape index (κ2) is 6.48. The zero-order valence-corrected chi connectivity index (χ0v) is 11.6. The van der Waals surface area contributed by atoms with Crippen LogP contribution in [0.25, 0.3) is 0 Å². The Kier molecular flexibility index (Phi) is 6.48. The molecule has 0 aromatic heterocycles. The molecule has 0 heterocycles. The molecule has 0 fully saturated rings. The van der Waals surface area contributed by atoms with Gasteiger partial charge in [-0.05, 0) is 19.1 Å². The molecule has 0 saturated carbocycles. The van der Waals surface area contributed by atoms with Crippen LogP contribution in [0.1, 0.15) is 15.9 Å². The van der Waals surface area contributed by atoms with Gasteiger partial charge >= 0.3 is 35.5 Å². The molecule has 0 aliphatic carbocycles. The monoisotopic (exact) mass is 234 g/mol. The van der Waals surface area contributed by atoms with Crippen molar-refractivity contribution < 1.29 is 39.1 Å². The molecule has 1 rings (SSSR count). The standard InChI is InChI=1S/C9H8O2S2.Na/c1-6-2-4-7(5-3-6)8(10)11-9(12)13;/h2-5H,1H3,(H,12,13);/q;+1/p-1. The maximum absolute atomic E-state index is 11.2. The molecule has 0 atom stereocenters. The first-order valence-corrected chi connectivity index (χ1v) is 4.41. The van der Waals surface area contributed by atoms with Gasteiger partial charge in [0.05, 0.1) is 5.56 Å². The van der Waals surface area contributed by atoms with Crippen molar-refractivity contribution in [1.29, 1.82) is 0 Å². The Morgan fingerprint density at radius 1 is 1.36 bits per heavy atom. The van der Waals surface area contributed by atoms with Crippen molar-refractivity contribution >= 4 is 35.2 Å². The quantitative estimate of drug-likeness (QED) is 0.269. The third-order valence-electron chi connectivity index (χ3n) is 1.46. The molecule has 0 spiro atoms. The SMILES string of the molecule is Cc1ccc(C(=O)OC(=S)[S-])cc1.[Na+]. The molecule has 68 valence electrons. The molecule has 0 unspecified atom stereocenters. The van der Waals surface area contributed by atoms with E-state index in [2.05, 4.69) is 29.6 Å². The zero-order valence-electron chi connectivity index (χ0n) is 7.94. The van der Waals surface area contributed by atoms with Crippen molar-refractivity contribution in [2.24, 2.45) is 0 Å². The molecule has 14 heavy (non-hydrogen) atoms. The van der Waals surface area contributed by atoms with Crippen LogP contribution in [0.4, 0.5) is 0 Å². The predicted octanol–water partition coefficient (Wildman–Crippen LogP) is -1.01. The Hall–Kier alpha value is -0.000000000000000222. The molecule has 0 aliphatic heterocycles. The predicted molar refractivity (Wildman–Crippen MR) is 56.6 cm³/mol. The molecule has 1 aromatic carbocycles. The van der Waals surface area contributed by atoms with Crippen molar-refractivity contribution in [3.05, 3.63) is 35.4 Å². The molecule has 0 aliphatic rings. The van der Waals surface area contributed by atoms with Crippen molar-refractivity contribution in [1.82, 2.24) is 0 Å². The number of carbonyl (C=O) groups excluding carboxylic acids is 1. The number of carbonyl (C=O) groups is 1. The van der Waals surface area contributed by atoms with Crippen LogP contribution in [-0.2, 0) is 17.4 Å². The largest absolute Gasteiger partial charge is 1.00 e. The molecular weight excluding hydrogens is 227 g/mol. The van der Waals surface area contributed by atoms with E-state index in [4.69, 9.17) is 0 Å². The number of esters is 1. The van der Waals surface area contributed by atoms with E-state index < -0.39 is 5.97 Å². The smallest absolute Gasteiger partial charge is 0.444 e. The normalized spacial score (nSPS) is 8.64. The number of thiocarbonyl (C=S) groups is 1. The van der Waals surface area contributed by atoms with Crippen LogP contribution >= 0.6 is 12.2 Å². The van der Waals surface area contributed by atoms with Crippen molar-refractivity contribution in [3.63, 3.8) is 0 Å². The van der Waals surface area contributed by atoms with Gasteiger partial charge in [0.1, 0.15) is 0 Å². The number of benzene rings is 1. The number of rotatable bonds is 1. The summed E-state index contributed by atoms with van der Waals surface area (Å²) in [4.78, 5) is 11.2. The number of aryl methyl sites for hydroxylation is 1. The number of ether oxygens (including phenoxy) is 1. The summed E-state index contributed by atoms with van der Waals surface area (Å²) in [5.74, 6) is -0.500. The van der Waals surface area contributed by atoms with Gasteiger partial charge < -0.3 is 29.6 Å². The fourth-order valence-corrected chi connectivity index (χ4v) is 0.976. The van der Waals surface area contributed by atoms with Crippen LogP contribution in [0, 0.1) is 6.92 Å². The Labute approximate surface area is 116 Å². The minimum atomic E-state index is -0.500. The first kappa shape index (κ1) is 14.0. The topological polar surface area (TPSA) is 26.3 Å². The van der Waals surface area contributed by atoms with Gasteiger partial charge in [0.15, 0.2) is 0 Å². The fourth-order valence-electron chi connectivity index (χ4n) is 0.824. The van der Waals surface area contributed by atoms with Crippen LogP contribution in [0.3, 0.4) is 0 Å². The molecule has 0 radical (unpaired) electrons.